The van der Waals surface area contributed by atoms with E-state index in [0.717, 1.165) is 0 Å². The Kier molecular flexibility index (Phi) is 4.41. The summed E-state index contributed by atoms with van der Waals surface area (Å²) >= 11 is 5.84. The molecule has 1 aromatic carbocycles. The monoisotopic (exact) mass is 256 g/mol. The van der Waals surface area contributed by atoms with Crippen molar-refractivity contribution >= 4 is 29.5 Å². The Labute approximate surface area is 101 Å². The fraction of sp³-hybridized carbons (Fsp3) is 0.111. The lowest BCUT2D eigenvalue weighted by Crippen LogP contribution is -2.24. The second-order valence-electron chi connectivity index (χ2n) is 2.99. The lowest BCUT2D eigenvalue weighted by Gasteiger charge is -2.01. The summed E-state index contributed by atoms with van der Waals surface area (Å²) in [6.45, 7) is 0. The minimum absolute atomic E-state index is 0.0944. The van der Waals surface area contributed by atoms with E-state index in [4.69, 9.17) is 17.3 Å². The Morgan fingerprint density at radius 2 is 2.35 bits per heavy atom. The van der Waals surface area contributed by atoms with Gasteiger partial charge in [0.2, 0.25) is 0 Å². The largest absolute Gasteiger partial charge is 0.350 e. The number of nitro benzene ring substituents is 1. The molecule has 0 atom stereocenters. The predicted octanol–water partition coefficient (Wildman–Crippen LogP) is 1.44. The molecule has 0 bridgehead atoms. The summed E-state index contributed by atoms with van der Waals surface area (Å²) in [5, 5.41) is 14.5. The first-order valence-corrected chi connectivity index (χ1v) is 4.89. The molecule has 8 heteroatoms. The Balaban J connectivity index is 2.86. The first kappa shape index (κ1) is 12.9. The van der Waals surface area contributed by atoms with Crippen molar-refractivity contribution in [2.75, 3.05) is 0 Å². The first-order chi connectivity index (χ1) is 8.02. The molecule has 0 saturated carbocycles. The smallest absolute Gasteiger partial charge is 0.332 e. The average Bonchev–Trinajstić information content (AvgIpc) is 2.25. The van der Waals surface area contributed by atoms with Gasteiger partial charge in [-0.3, -0.25) is 10.1 Å². The summed E-state index contributed by atoms with van der Waals surface area (Å²) in [6.07, 6.45) is 1.40. The van der Waals surface area contributed by atoms with E-state index < -0.39 is 11.0 Å². The Morgan fingerprint density at radius 3 is 2.94 bits per heavy atom. The number of primary amides is 1. The lowest BCUT2D eigenvalue weighted by atomic mass is 10.1. The van der Waals surface area contributed by atoms with Gasteiger partial charge in [0.1, 0.15) is 0 Å². The van der Waals surface area contributed by atoms with Crippen LogP contribution in [0.15, 0.2) is 23.3 Å². The van der Waals surface area contributed by atoms with Gasteiger partial charge in [-0.15, -0.1) is 0 Å². The van der Waals surface area contributed by atoms with Crippen molar-refractivity contribution < 1.29 is 9.72 Å². The van der Waals surface area contributed by atoms with Crippen molar-refractivity contribution in [3.05, 3.63) is 38.9 Å². The molecule has 3 N–H and O–H groups in total. The van der Waals surface area contributed by atoms with Crippen molar-refractivity contribution in [1.82, 2.24) is 5.43 Å². The highest BCUT2D eigenvalue weighted by Gasteiger charge is 2.15. The highest BCUT2D eigenvalue weighted by Crippen LogP contribution is 2.25. The molecule has 2 amide bonds. The molecule has 7 nitrogen and oxygen atoms in total. The maximum absolute atomic E-state index is 10.7. The van der Waals surface area contributed by atoms with Crippen LogP contribution in [0, 0.1) is 10.1 Å². The van der Waals surface area contributed by atoms with Gasteiger partial charge in [0.15, 0.2) is 0 Å². The first-order valence-electron chi connectivity index (χ1n) is 4.51. The van der Waals surface area contributed by atoms with Crippen molar-refractivity contribution in [2.24, 2.45) is 10.8 Å². The van der Waals surface area contributed by atoms with E-state index in [1.807, 2.05) is 5.43 Å². The summed E-state index contributed by atoms with van der Waals surface area (Å²) in [6, 6.07) is 3.56. The number of nitrogens with zero attached hydrogens (tertiary/aromatic N) is 2. The van der Waals surface area contributed by atoms with Crippen LogP contribution in [0.4, 0.5) is 10.5 Å². The number of benzene rings is 1. The number of amides is 2. The van der Waals surface area contributed by atoms with Crippen LogP contribution in [-0.2, 0) is 6.42 Å². The number of rotatable bonds is 4. The Hall–Kier alpha value is -2.15. The number of carbonyl (C=O) groups is 1. The zero-order valence-corrected chi connectivity index (χ0v) is 9.35. The summed E-state index contributed by atoms with van der Waals surface area (Å²) < 4.78 is 0. The van der Waals surface area contributed by atoms with E-state index in [0.29, 0.717) is 5.56 Å². The number of halogens is 1. The van der Waals surface area contributed by atoms with Crippen LogP contribution < -0.4 is 11.2 Å². The molecule has 0 aromatic heterocycles. The second-order valence-corrected chi connectivity index (χ2v) is 3.39. The maximum Gasteiger partial charge on any atom is 0.332 e. The molecule has 0 radical (unpaired) electrons. The van der Waals surface area contributed by atoms with Crippen LogP contribution in [0.3, 0.4) is 0 Å². The van der Waals surface area contributed by atoms with Crippen LogP contribution in [0.25, 0.3) is 0 Å². The number of carbonyl (C=O) groups excluding carboxylic acids is 1. The molecular weight excluding hydrogens is 248 g/mol. The molecule has 0 spiro atoms. The fourth-order valence-corrected chi connectivity index (χ4v) is 1.41. The third-order valence-electron chi connectivity index (χ3n) is 1.85. The summed E-state index contributed by atoms with van der Waals surface area (Å²) in [7, 11) is 0. The van der Waals surface area contributed by atoms with Crippen molar-refractivity contribution in [3.8, 4) is 0 Å². The van der Waals surface area contributed by atoms with E-state index in [1.165, 1.54) is 18.3 Å². The molecule has 17 heavy (non-hydrogen) atoms. The van der Waals surface area contributed by atoms with Crippen LogP contribution in [-0.4, -0.2) is 17.2 Å². The summed E-state index contributed by atoms with van der Waals surface area (Å²) in [4.78, 5) is 20.5. The van der Waals surface area contributed by atoms with Gasteiger partial charge in [-0.25, -0.2) is 10.2 Å². The number of hydrazone groups is 1. The molecule has 0 aliphatic carbocycles. The Bertz CT molecular complexity index is 475. The van der Waals surface area contributed by atoms with Crippen LogP contribution >= 0.6 is 11.6 Å². The van der Waals surface area contributed by atoms with E-state index in [-0.39, 0.29) is 17.1 Å². The van der Waals surface area contributed by atoms with Crippen LogP contribution in [0.2, 0.25) is 5.02 Å². The number of hydrogen-bond acceptors (Lipinski definition) is 4. The molecule has 1 rings (SSSR count). The van der Waals surface area contributed by atoms with E-state index in [9.17, 15) is 14.9 Å². The zero-order chi connectivity index (χ0) is 12.8. The molecule has 1 aromatic rings. The topological polar surface area (TPSA) is 111 Å². The van der Waals surface area contributed by atoms with Crippen LogP contribution in [0.1, 0.15) is 5.56 Å². The zero-order valence-electron chi connectivity index (χ0n) is 8.59. The van der Waals surface area contributed by atoms with Crippen molar-refractivity contribution in [3.63, 3.8) is 0 Å². The summed E-state index contributed by atoms with van der Waals surface area (Å²) in [5.74, 6) is 0. The normalized spacial score (nSPS) is 10.4. The van der Waals surface area contributed by atoms with E-state index in [1.54, 1.807) is 6.07 Å². The molecular formula is C9H9ClN4O3. The second kappa shape index (κ2) is 5.80. The SMILES string of the molecule is NC(=O)NN=CCc1c(Cl)cccc1[N+](=O)[O-]. The van der Waals surface area contributed by atoms with Gasteiger partial charge >= 0.3 is 6.03 Å². The molecule has 0 heterocycles. The third kappa shape index (κ3) is 3.72. The number of nitro groups is 1. The van der Waals surface area contributed by atoms with Gasteiger partial charge in [0.05, 0.1) is 15.5 Å². The summed E-state index contributed by atoms with van der Waals surface area (Å²) in [5.41, 5.74) is 6.99. The number of nitrogens with one attached hydrogen (secondary N) is 1. The number of urea groups is 1. The average molecular weight is 257 g/mol. The Morgan fingerprint density at radius 1 is 1.65 bits per heavy atom. The number of hydrogen-bond donors (Lipinski definition) is 2. The van der Waals surface area contributed by atoms with Gasteiger partial charge in [-0.05, 0) is 6.07 Å². The third-order valence-corrected chi connectivity index (χ3v) is 2.21. The maximum atomic E-state index is 10.7. The van der Waals surface area contributed by atoms with E-state index >= 15 is 0 Å². The van der Waals surface area contributed by atoms with Crippen molar-refractivity contribution in [1.29, 1.82) is 0 Å². The molecule has 90 valence electrons. The number of nitrogens with two attached hydrogens (primary N) is 1. The minimum Gasteiger partial charge on any atom is -0.350 e. The predicted molar refractivity (Wildman–Crippen MR) is 63.0 cm³/mol. The fourth-order valence-electron chi connectivity index (χ4n) is 1.17. The highest BCUT2D eigenvalue weighted by atomic mass is 35.5. The van der Waals surface area contributed by atoms with Gasteiger partial charge < -0.3 is 5.73 Å². The van der Waals surface area contributed by atoms with Gasteiger partial charge in [0, 0.05) is 18.7 Å². The molecule has 0 aliphatic heterocycles. The molecule has 0 saturated heterocycles. The quantitative estimate of drug-likeness (QED) is 0.483. The lowest BCUT2D eigenvalue weighted by molar-refractivity contribution is -0.385. The van der Waals surface area contributed by atoms with Crippen molar-refractivity contribution in [2.45, 2.75) is 6.42 Å². The molecule has 0 unspecified atom stereocenters. The van der Waals surface area contributed by atoms with Gasteiger partial charge in [0.25, 0.3) is 5.69 Å². The highest BCUT2D eigenvalue weighted by molar-refractivity contribution is 6.31. The van der Waals surface area contributed by atoms with Gasteiger partial charge in [-0.2, -0.15) is 5.10 Å². The van der Waals surface area contributed by atoms with Gasteiger partial charge in [-0.1, -0.05) is 17.7 Å². The van der Waals surface area contributed by atoms with Crippen LogP contribution in [0.5, 0.6) is 0 Å². The minimum atomic E-state index is -0.810. The molecule has 0 fully saturated rings. The van der Waals surface area contributed by atoms with E-state index in [2.05, 4.69) is 5.10 Å². The standard InChI is InChI=1S/C9H9ClN4O3/c10-7-2-1-3-8(14(16)17)6(7)4-5-12-13-9(11)15/h1-3,5H,4H2,(H3,11,13,15). The molecule has 0 aliphatic rings.